The molecule has 1 N–H and O–H groups in total. The first-order chi connectivity index (χ1) is 8.46. The zero-order valence-corrected chi connectivity index (χ0v) is 12.7. The van der Waals surface area contributed by atoms with E-state index in [1.54, 1.807) is 5.56 Å². The van der Waals surface area contributed by atoms with E-state index in [0.717, 1.165) is 0 Å². The van der Waals surface area contributed by atoms with Crippen LogP contribution in [0.15, 0.2) is 23.1 Å². The van der Waals surface area contributed by atoms with E-state index in [2.05, 4.69) is 54.3 Å². The Morgan fingerprint density at radius 3 is 2.28 bits per heavy atom. The molecule has 0 amide bonds. The van der Waals surface area contributed by atoms with Gasteiger partial charge in [0, 0.05) is 9.64 Å². The largest absolute Gasteiger partial charge is 0.280 e. The predicted octanol–water partition coefficient (Wildman–Crippen LogP) is 3.37. The molecule has 2 bridgehead atoms. The predicted molar refractivity (Wildman–Crippen MR) is 76.6 cm³/mol. The van der Waals surface area contributed by atoms with E-state index in [4.69, 9.17) is 0 Å². The lowest BCUT2D eigenvalue weighted by Crippen LogP contribution is -2.07. The molecule has 0 fully saturated rings. The third-order valence-corrected chi connectivity index (χ3v) is 3.62. The van der Waals surface area contributed by atoms with Gasteiger partial charge >= 0.3 is 0 Å². The lowest BCUT2D eigenvalue weighted by Gasteiger charge is -2.18. The molecule has 102 valence electrons. The maximum atomic E-state index is 4.22. The maximum Gasteiger partial charge on any atom is 0.0599 e. The number of hydrogen-bond acceptors (Lipinski definition) is 4. The van der Waals surface area contributed by atoms with E-state index in [-0.39, 0.29) is 0 Å². The molecule has 2 rings (SSSR count). The molecule has 0 aliphatic heterocycles. The Hall–Kier alpha value is -0.550. The minimum atomic E-state index is 0.334. The molecule has 18 heavy (non-hydrogen) atoms. The fraction of sp³-hybridized carbons (Fsp3) is 0.571. The highest BCUT2D eigenvalue weighted by atomic mass is 32.2. The summed E-state index contributed by atoms with van der Waals surface area (Å²) in [5.74, 6) is 0. The molecule has 1 aromatic rings. The van der Waals surface area contributed by atoms with Gasteiger partial charge in [-0.15, -0.1) is 11.8 Å². The van der Waals surface area contributed by atoms with Crippen LogP contribution >= 0.6 is 11.8 Å². The van der Waals surface area contributed by atoms with E-state index >= 15 is 0 Å². The molecule has 0 heterocycles. The van der Waals surface area contributed by atoms with Gasteiger partial charge < -0.3 is 0 Å². The molecule has 0 saturated carbocycles. The number of hydrogen-bond donors (Lipinski definition) is 1. The fourth-order valence-corrected chi connectivity index (χ4v) is 2.86. The van der Waals surface area contributed by atoms with E-state index in [1.807, 2.05) is 11.8 Å². The van der Waals surface area contributed by atoms with Crippen molar-refractivity contribution in [1.82, 2.24) is 5.64 Å². The Bertz CT molecular complexity index is 373. The van der Waals surface area contributed by atoms with Crippen molar-refractivity contribution in [1.29, 1.82) is 0 Å². The van der Waals surface area contributed by atoms with Gasteiger partial charge in [0.2, 0.25) is 0 Å². The quantitative estimate of drug-likeness (QED) is 0.673. The van der Waals surface area contributed by atoms with Gasteiger partial charge in [-0.2, -0.15) is 0 Å². The van der Waals surface area contributed by atoms with Crippen molar-refractivity contribution in [2.75, 3.05) is 14.2 Å². The first kappa shape index (κ1) is 15.5. The molecular formula is C14H23NO2S. The number of fused-ring (bicyclic) bond motifs is 2. The zero-order valence-electron chi connectivity index (χ0n) is 11.9. The molecule has 0 saturated heterocycles. The molecule has 0 spiro atoms. The SMILES string of the molecule is CC(C)(C)Sc1ccc2cc1CC2.CONOC. The first-order valence-corrected chi connectivity index (χ1v) is 6.89. The average molecular weight is 269 g/mol. The zero-order chi connectivity index (χ0) is 13.6. The number of rotatable bonds is 3. The van der Waals surface area contributed by atoms with Crippen LogP contribution in [-0.2, 0) is 22.5 Å². The van der Waals surface area contributed by atoms with E-state index in [9.17, 15) is 0 Å². The lowest BCUT2D eigenvalue weighted by molar-refractivity contribution is -0.130. The molecule has 0 unspecified atom stereocenters. The van der Waals surface area contributed by atoms with Crippen LogP contribution in [0, 0.1) is 0 Å². The smallest absolute Gasteiger partial charge is 0.0599 e. The Morgan fingerprint density at radius 1 is 1.11 bits per heavy atom. The van der Waals surface area contributed by atoms with Crippen LogP contribution in [0.2, 0.25) is 0 Å². The van der Waals surface area contributed by atoms with Gasteiger partial charge in [-0.1, -0.05) is 38.5 Å². The van der Waals surface area contributed by atoms with Crippen LogP contribution in [0.4, 0.5) is 0 Å². The van der Waals surface area contributed by atoms with Crippen molar-refractivity contribution >= 4 is 11.8 Å². The highest BCUT2D eigenvalue weighted by molar-refractivity contribution is 8.00. The average Bonchev–Trinajstić information content (AvgIpc) is 2.66. The molecule has 0 aromatic heterocycles. The number of thioether (sulfide) groups is 1. The molecule has 1 aliphatic carbocycles. The van der Waals surface area contributed by atoms with Crippen LogP contribution in [0.5, 0.6) is 0 Å². The van der Waals surface area contributed by atoms with Gasteiger partial charge in [0.05, 0.1) is 14.2 Å². The number of nitrogens with one attached hydrogen (secondary N) is 1. The van der Waals surface area contributed by atoms with E-state index in [0.29, 0.717) is 4.75 Å². The Morgan fingerprint density at radius 2 is 1.78 bits per heavy atom. The van der Waals surface area contributed by atoms with Gasteiger partial charge in [-0.25, -0.2) is 0 Å². The van der Waals surface area contributed by atoms with Crippen molar-refractivity contribution in [2.24, 2.45) is 0 Å². The Balaban J connectivity index is 0.000000280. The van der Waals surface area contributed by atoms with Crippen molar-refractivity contribution in [3.8, 4) is 0 Å². The molecule has 0 radical (unpaired) electrons. The Kier molecular flexibility index (Phi) is 6.15. The summed E-state index contributed by atoms with van der Waals surface area (Å²) in [4.78, 5) is 9.92. The van der Waals surface area contributed by atoms with Crippen molar-refractivity contribution in [3.63, 3.8) is 0 Å². The van der Waals surface area contributed by atoms with Gasteiger partial charge in [0.25, 0.3) is 0 Å². The minimum absolute atomic E-state index is 0.334. The van der Waals surface area contributed by atoms with Gasteiger partial charge in [0.1, 0.15) is 0 Å². The van der Waals surface area contributed by atoms with Crippen molar-refractivity contribution in [3.05, 3.63) is 29.3 Å². The van der Waals surface area contributed by atoms with Gasteiger partial charge in [-0.05, 0) is 30.0 Å². The summed E-state index contributed by atoms with van der Waals surface area (Å²) in [7, 11) is 2.95. The summed E-state index contributed by atoms with van der Waals surface area (Å²) in [6, 6.07) is 6.91. The molecule has 3 nitrogen and oxygen atoms in total. The number of benzene rings is 1. The Labute approximate surface area is 114 Å². The third kappa shape index (κ3) is 5.40. The third-order valence-electron chi connectivity index (χ3n) is 2.39. The highest BCUT2D eigenvalue weighted by Crippen LogP contribution is 2.36. The van der Waals surface area contributed by atoms with Crippen molar-refractivity contribution < 1.29 is 9.68 Å². The van der Waals surface area contributed by atoms with Gasteiger partial charge in [0.15, 0.2) is 0 Å². The molecule has 1 aliphatic rings. The standard InChI is InChI=1S/C12H16S.C2H7NO2/c1-12(2,3)13-11-7-5-9-4-6-10(11)8-9;1-4-3-5-2/h5,7-8H,4,6H2,1-3H3;3H,1-2H3. The molecule has 0 atom stereocenters. The summed E-state index contributed by atoms with van der Waals surface area (Å²) in [6.07, 6.45) is 2.50. The summed E-state index contributed by atoms with van der Waals surface area (Å²) < 4.78 is 0.334. The molecular weight excluding hydrogens is 246 g/mol. The van der Waals surface area contributed by atoms with Crippen molar-refractivity contribution in [2.45, 2.75) is 43.3 Å². The maximum absolute atomic E-state index is 4.22. The first-order valence-electron chi connectivity index (χ1n) is 6.08. The van der Waals surface area contributed by atoms with E-state index < -0.39 is 0 Å². The van der Waals surface area contributed by atoms with Crippen LogP contribution < -0.4 is 5.64 Å². The van der Waals surface area contributed by atoms with Crippen LogP contribution in [-0.4, -0.2) is 19.0 Å². The van der Waals surface area contributed by atoms with Crippen LogP contribution in [0.25, 0.3) is 0 Å². The molecule has 1 aromatic carbocycles. The normalized spacial score (nSPS) is 13.2. The summed E-state index contributed by atoms with van der Waals surface area (Å²) >= 11 is 1.99. The highest BCUT2D eigenvalue weighted by Gasteiger charge is 2.17. The summed E-state index contributed by atoms with van der Waals surface area (Å²) in [6.45, 7) is 6.81. The molecule has 4 heteroatoms. The minimum Gasteiger partial charge on any atom is -0.280 e. The topological polar surface area (TPSA) is 30.5 Å². The monoisotopic (exact) mass is 269 g/mol. The van der Waals surface area contributed by atoms with Crippen LogP contribution in [0.1, 0.15) is 31.9 Å². The fourth-order valence-electron chi connectivity index (χ4n) is 1.78. The second kappa shape index (κ2) is 7.14. The second-order valence-electron chi connectivity index (χ2n) is 5.15. The van der Waals surface area contributed by atoms with Crippen LogP contribution in [0.3, 0.4) is 0 Å². The van der Waals surface area contributed by atoms with Gasteiger partial charge in [-0.3, -0.25) is 9.68 Å². The lowest BCUT2D eigenvalue weighted by atomic mass is 10.2. The van der Waals surface area contributed by atoms with E-state index in [1.165, 1.54) is 37.5 Å². The second-order valence-corrected chi connectivity index (χ2v) is 7.02. The summed E-state index contributed by atoms with van der Waals surface area (Å²) in [5.41, 5.74) is 5.17. The number of aryl methyl sites for hydroxylation is 2. The summed E-state index contributed by atoms with van der Waals surface area (Å²) in [5, 5.41) is 0.